The molecule has 2 aromatic rings. The molecule has 0 atom stereocenters. The van der Waals surface area contributed by atoms with E-state index >= 15 is 0 Å². The molecule has 2 aromatic carbocycles. The van der Waals surface area contributed by atoms with Gasteiger partial charge in [0.15, 0.2) is 5.78 Å². The zero-order valence-electron chi connectivity index (χ0n) is 14.8. The molecule has 0 radical (unpaired) electrons. The van der Waals surface area contributed by atoms with E-state index in [0.717, 1.165) is 22.3 Å². The fourth-order valence-corrected chi connectivity index (χ4v) is 2.82. The van der Waals surface area contributed by atoms with Crippen LogP contribution in [0.25, 0.3) is 0 Å². The van der Waals surface area contributed by atoms with Crippen LogP contribution in [-0.2, 0) is 5.41 Å². The van der Waals surface area contributed by atoms with Crippen molar-refractivity contribution in [3.05, 3.63) is 69.3 Å². The van der Waals surface area contributed by atoms with Crippen LogP contribution < -0.4 is 0 Å². The van der Waals surface area contributed by atoms with Crippen molar-refractivity contribution in [2.75, 3.05) is 0 Å². The maximum absolute atomic E-state index is 13.0. The number of rotatable bonds is 2. The van der Waals surface area contributed by atoms with Crippen LogP contribution in [-0.4, -0.2) is 5.78 Å². The zero-order chi connectivity index (χ0) is 16.7. The summed E-state index contributed by atoms with van der Waals surface area (Å²) in [4.78, 5) is 13.0. The SMILES string of the molecule is Cc1cc(C)c(C)c(C(=O)c2ccc(C(C)(C)C)cc2)c1C. The summed E-state index contributed by atoms with van der Waals surface area (Å²) < 4.78 is 0. The van der Waals surface area contributed by atoms with E-state index in [1.807, 2.05) is 26.0 Å². The molecule has 0 aliphatic carbocycles. The number of ketones is 1. The predicted octanol–water partition coefficient (Wildman–Crippen LogP) is 5.45. The summed E-state index contributed by atoms with van der Waals surface area (Å²) in [6.45, 7) is 14.8. The predicted molar refractivity (Wildman–Crippen MR) is 94.0 cm³/mol. The maximum atomic E-state index is 13.0. The summed E-state index contributed by atoms with van der Waals surface area (Å²) in [5.74, 6) is 0.127. The van der Waals surface area contributed by atoms with Crippen molar-refractivity contribution >= 4 is 5.78 Å². The average molecular weight is 294 g/mol. The van der Waals surface area contributed by atoms with Crippen LogP contribution >= 0.6 is 0 Å². The molecule has 0 bridgehead atoms. The van der Waals surface area contributed by atoms with Crippen molar-refractivity contribution in [2.24, 2.45) is 0 Å². The number of benzene rings is 2. The number of carbonyl (C=O) groups excluding carboxylic acids is 1. The van der Waals surface area contributed by atoms with Crippen LogP contribution in [0.2, 0.25) is 0 Å². The van der Waals surface area contributed by atoms with Crippen molar-refractivity contribution in [1.82, 2.24) is 0 Å². The van der Waals surface area contributed by atoms with Gasteiger partial charge in [-0.2, -0.15) is 0 Å². The largest absolute Gasteiger partial charge is 0.289 e. The first-order chi connectivity index (χ1) is 10.1. The third-order valence-electron chi connectivity index (χ3n) is 4.61. The molecule has 0 heterocycles. The van der Waals surface area contributed by atoms with E-state index in [2.05, 4.69) is 52.8 Å². The number of carbonyl (C=O) groups is 1. The Kier molecular flexibility index (Phi) is 4.28. The van der Waals surface area contributed by atoms with Gasteiger partial charge in [-0.15, -0.1) is 0 Å². The molecule has 1 nitrogen and oxygen atoms in total. The summed E-state index contributed by atoms with van der Waals surface area (Å²) in [5, 5.41) is 0. The smallest absolute Gasteiger partial charge is 0.193 e. The summed E-state index contributed by atoms with van der Waals surface area (Å²) in [7, 11) is 0. The molecule has 0 spiro atoms. The van der Waals surface area contributed by atoms with Crippen LogP contribution in [0.1, 0.15) is 64.5 Å². The normalized spacial score (nSPS) is 11.6. The van der Waals surface area contributed by atoms with Crippen LogP contribution in [0, 0.1) is 27.7 Å². The van der Waals surface area contributed by atoms with Crippen molar-refractivity contribution in [3.8, 4) is 0 Å². The van der Waals surface area contributed by atoms with E-state index in [1.165, 1.54) is 16.7 Å². The average Bonchev–Trinajstić information content (AvgIpc) is 2.44. The lowest BCUT2D eigenvalue weighted by Crippen LogP contribution is -2.12. The zero-order valence-corrected chi connectivity index (χ0v) is 14.8. The van der Waals surface area contributed by atoms with Gasteiger partial charge >= 0.3 is 0 Å². The highest BCUT2D eigenvalue weighted by atomic mass is 16.1. The second kappa shape index (κ2) is 5.72. The second-order valence-electron chi connectivity index (χ2n) is 7.29. The number of hydrogen-bond donors (Lipinski definition) is 0. The first-order valence-electron chi connectivity index (χ1n) is 7.85. The molecular formula is C21H26O. The minimum absolute atomic E-state index is 0.104. The lowest BCUT2D eigenvalue weighted by Gasteiger charge is -2.19. The Labute approximate surface area is 134 Å². The van der Waals surface area contributed by atoms with E-state index in [0.29, 0.717) is 0 Å². The summed E-state index contributed by atoms with van der Waals surface area (Å²) in [6.07, 6.45) is 0. The molecule has 1 heteroatoms. The molecule has 0 fully saturated rings. The van der Waals surface area contributed by atoms with E-state index in [9.17, 15) is 4.79 Å². The topological polar surface area (TPSA) is 17.1 Å². The molecule has 0 aromatic heterocycles. The number of hydrogen-bond acceptors (Lipinski definition) is 1. The highest BCUT2D eigenvalue weighted by Crippen LogP contribution is 2.26. The van der Waals surface area contributed by atoms with Gasteiger partial charge in [0.25, 0.3) is 0 Å². The van der Waals surface area contributed by atoms with Crippen LogP contribution in [0.5, 0.6) is 0 Å². The maximum Gasteiger partial charge on any atom is 0.193 e. The Hall–Kier alpha value is -1.89. The Balaban J connectivity index is 2.50. The monoisotopic (exact) mass is 294 g/mol. The van der Waals surface area contributed by atoms with Gasteiger partial charge < -0.3 is 0 Å². The fourth-order valence-electron chi connectivity index (χ4n) is 2.82. The molecule has 0 aliphatic heterocycles. The lowest BCUT2D eigenvalue weighted by atomic mass is 9.85. The molecule has 0 saturated heterocycles. The Morgan fingerprint density at radius 1 is 0.818 bits per heavy atom. The van der Waals surface area contributed by atoms with Crippen molar-refractivity contribution in [2.45, 2.75) is 53.9 Å². The first-order valence-corrected chi connectivity index (χ1v) is 7.85. The van der Waals surface area contributed by atoms with Crippen LogP contribution in [0.3, 0.4) is 0 Å². The molecule has 2 rings (SSSR count). The molecule has 0 amide bonds. The van der Waals surface area contributed by atoms with Gasteiger partial charge in [-0.05, 0) is 60.9 Å². The Morgan fingerprint density at radius 2 is 1.27 bits per heavy atom. The standard InChI is InChI=1S/C21H26O/c1-13-12-14(2)16(4)19(15(13)3)20(22)17-8-10-18(11-9-17)21(5,6)7/h8-12H,1-7H3. The molecule has 0 saturated carbocycles. The van der Waals surface area contributed by atoms with Gasteiger partial charge in [-0.1, -0.05) is 51.1 Å². The summed E-state index contributed by atoms with van der Waals surface area (Å²) >= 11 is 0. The molecule has 0 N–H and O–H groups in total. The summed E-state index contributed by atoms with van der Waals surface area (Å²) in [6, 6.07) is 10.2. The van der Waals surface area contributed by atoms with Gasteiger partial charge in [0.05, 0.1) is 0 Å². The van der Waals surface area contributed by atoms with E-state index in [-0.39, 0.29) is 11.2 Å². The minimum Gasteiger partial charge on any atom is -0.289 e. The van der Waals surface area contributed by atoms with E-state index in [4.69, 9.17) is 0 Å². The molecule has 22 heavy (non-hydrogen) atoms. The van der Waals surface area contributed by atoms with Crippen molar-refractivity contribution in [3.63, 3.8) is 0 Å². The molecular weight excluding hydrogens is 268 g/mol. The van der Waals surface area contributed by atoms with Crippen LogP contribution in [0.15, 0.2) is 30.3 Å². The third kappa shape index (κ3) is 2.99. The quantitative estimate of drug-likeness (QED) is 0.673. The van der Waals surface area contributed by atoms with Crippen LogP contribution in [0.4, 0.5) is 0 Å². The lowest BCUT2D eigenvalue weighted by molar-refractivity contribution is 0.103. The fraction of sp³-hybridized carbons (Fsp3) is 0.381. The highest BCUT2D eigenvalue weighted by Gasteiger charge is 2.19. The minimum atomic E-state index is 0.104. The van der Waals surface area contributed by atoms with Gasteiger partial charge in [-0.25, -0.2) is 0 Å². The molecule has 0 unspecified atom stereocenters. The van der Waals surface area contributed by atoms with Gasteiger partial charge in [-0.3, -0.25) is 4.79 Å². The van der Waals surface area contributed by atoms with Gasteiger partial charge in [0.1, 0.15) is 0 Å². The Bertz CT molecular complexity index is 687. The van der Waals surface area contributed by atoms with Gasteiger partial charge in [0, 0.05) is 11.1 Å². The molecule has 116 valence electrons. The van der Waals surface area contributed by atoms with Gasteiger partial charge in [0.2, 0.25) is 0 Å². The van der Waals surface area contributed by atoms with Crippen molar-refractivity contribution in [1.29, 1.82) is 0 Å². The second-order valence-corrected chi connectivity index (χ2v) is 7.29. The summed E-state index contributed by atoms with van der Waals surface area (Å²) in [5.41, 5.74) is 7.52. The van der Waals surface area contributed by atoms with E-state index in [1.54, 1.807) is 0 Å². The van der Waals surface area contributed by atoms with Crippen molar-refractivity contribution < 1.29 is 4.79 Å². The van der Waals surface area contributed by atoms with E-state index < -0.39 is 0 Å². The Morgan fingerprint density at radius 3 is 1.68 bits per heavy atom. The first kappa shape index (κ1) is 16.5. The highest BCUT2D eigenvalue weighted by molar-refractivity contribution is 6.11. The molecule has 0 aliphatic rings. The number of aryl methyl sites for hydroxylation is 2. The third-order valence-corrected chi connectivity index (χ3v) is 4.61.